The van der Waals surface area contributed by atoms with Crippen LogP contribution in [-0.4, -0.2) is 49.3 Å². The molecule has 0 radical (unpaired) electrons. The van der Waals surface area contributed by atoms with E-state index in [9.17, 15) is 10.1 Å². The number of hydrogen-bond acceptors (Lipinski definition) is 9. The van der Waals surface area contributed by atoms with Gasteiger partial charge >= 0.3 is 0 Å². The van der Waals surface area contributed by atoms with Gasteiger partial charge in [-0.2, -0.15) is 15.1 Å². The number of furan rings is 1. The minimum atomic E-state index is -0.440. The third kappa shape index (κ3) is 4.86. The Kier molecular flexibility index (Phi) is 5.72. The molecule has 0 aliphatic carbocycles. The van der Waals surface area contributed by atoms with E-state index in [1.54, 1.807) is 35.2 Å². The van der Waals surface area contributed by atoms with E-state index in [0.29, 0.717) is 28.9 Å². The van der Waals surface area contributed by atoms with Crippen molar-refractivity contribution in [3.63, 3.8) is 0 Å². The molecule has 10 nitrogen and oxygen atoms in total. The molecule has 10 heteroatoms. The molecule has 0 amide bonds. The maximum absolute atomic E-state index is 10.9. The zero-order chi connectivity index (χ0) is 21.0. The lowest BCUT2D eigenvalue weighted by Crippen LogP contribution is -2.17. The average molecular weight is 395 g/mol. The van der Waals surface area contributed by atoms with Crippen molar-refractivity contribution in [1.29, 1.82) is 0 Å². The van der Waals surface area contributed by atoms with Crippen LogP contribution < -0.4 is 15.2 Å². The minimum Gasteiger partial charge on any atom is -0.455 e. The first kappa shape index (κ1) is 19.8. The lowest BCUT2D eigenvalue weighted by molar-refractivity contribution is -0.384. The van der Waals surface area contributed by atoms with Crippen molar-refractivity contribution in [3.05, 3.63) is 58.3 Å². The molecule has 0 unspecified atom stereocenters. The van der Waals surface area contributed by atoms with Crippen molar-refractivity contribution in [3.8, 4) is 11.3 Å². The van der Waals surface area contributed by atoms with E-state index in [-0.39, 0.29) is 5.69 Å². The number of nitro groups is 1. The summed E-state index contributed by atoms with van der Waals surface area (Å²) in [5.41, 5.74) is 3.50. The number of anilines is 3. The molecular formula is C19H21N7O3. The molecular weight excluding hydrogens is 374 g/mol. The molecule has 2 heterocycles. The van der Waals surface area contributed by atoms with Crippen LogP contribution >= 0.6 is 0 Å². The van der Waals surface area contributed by atoms with Gasteiger partial charge in [-0.3, -0.25) is 15.5 Å². The van der Waals surface area contributed by atoms with E-state index in [4.69, 9.17) is 4.42 Å². The van der Waals surface area contributed by atoms with E-state index >= 15 is 0 Å². The molecule has 1 aromatic carbocycles. The van der Waals surface area contributed by atoms with Gasteiger partial charge < -0.3 is 14.2 Å². The Morgan fingerprint density at radius 1 is 1.10 bits per heavy atom. The normalized spacial score (nSPS) is 10.9. The summed E-state index contributed by atoms with van der Waals surface area (Å²) >= 11 is 0. The van der Waals surface area contributed by atoms with E-state index < -0.39 is 4.92 Å². The predicted octanol–water partition coefficient (Wildman–Crippen LogP) is 3.22. The maximum atomic E-state index is 10.9. The van der Waals surface area contributed by atoms with E-state index in [0.717, 1.165) is 5.82 Å². The molecule has 0 saturated heterocycles. The number of rotatable bonds is 7. The van der Waals surface area contributed by atoms with Crippen molar-refractivity contribution in [2.75, 3.05) is 43.4 Å². The smallest absolute Gasteiger partial charge is 0.270 e. The Labute approximate surface area is 167 Å². The van der Waals surface area contributed by atoms with Gasteiger partial charge in [-0.15, -0.1) is 0 Å². The summed E-state index contributed by atoms with van der Waals surface area (Å²) in [7, 11) is 7.51. The molecule has 0 fully saturated rings. The number of non-ortho nitro benzene ring substituents is 1. The summed E-state index contributed by atoms with van der Waals surface area (Å²) in [4.78, 5) is 23.0. The van der Waals surface area contributed by atoms with Gasteiger partial charge in [-0.05, 0) is 12.1 Å². The average Bonchev–Trinajstić information content (AvgIpc) is 3.16. The van der Waals surface area contributed by atoms with E-state index in [2.05, 4.69) is 20.5 Å². The van der Waals surface area contributed by atoms with Gasteiger partial charge in [0.25, 0.3) is 5.69 Å². The molecule has 1 N–H and O–H groups in total. The first-order valence-corrected chi connectivity index (χ1v) is 8.71. The van der Waals surface area contributed by atoms with Crippen LogP contribution in [0.1, 0.15) is 5.76 Å². The molecule has 0 saturated carbocycles. The lowest BCUT2D eigenvalue weighted by atomic mass is 10.1. The molecule has 0 aliphatic heterocycles. The molecule has 3 aromatic rings. The van der Waals surface area contributed by atoms with Gasteiger partial charge in [0.15, 0.2) is 5.82 Å². The van der Waals surface area contributed by atoms with Crippen LogP contribution in [0.15, 0.2) is 52.0 Å². The van der Waals surface area contributed by atoms with E-state index in [1.807, 2.05) is 33.1 Å². The second-order valence-electron chi connectivity index (χ2n) is 6.58. The number of benzene rings is 1. The standard InChI is InChI=1S/C19H21N7O3/c1-24(2)18-11-17(21-19(22-18)25(3)4)23-20-12-15-8-9-16(29-15)13-6-5-7-14(10-13)26(27)28/h5-12H,1-4H3,(H,21,22,23)/b20-12-. The fraction of sp³-hybridized carbons (Fsp3) is 0.211. The third-order valence-corrected chi connectivity index (χ3v) is 3.90. The van der Waals surface area contributed by atoms with Crippen molar-refractivity contribution < 1.29 is 9.34 Å². The SMILES string of the molecule is CN(C)c1cc(N/N=C\c2ccc(-c3cccc([N+](=O)[O-])c3)o2)nc(N(C)C)n1. The molecule has 0 aliphatic rings. The minimum absolute atomic E-state index is 0.00735. The highest BCUT2D eigenvalue weighted by molar-refractivity contribution is 5.78. The molecule has 3 rings (SSSR count). The number of hydrazone groups is 1. The van der Waals surface area contributed by atoms with Crippen LogP contribution in [0, 0.1) is 10.1 Å². The molecule has 29 heavy (non-hydrogen) atoms. The van der Waals surface area contributed by atoms with Crippen LogP contribution in [0.25, 0.3) is 11.3 Å². The molecule has 150 valence electrons. The highest BCUT2D eigenvalue weighted by Gasteiger charge is 2.10. The Morgan fingerprint density at radius 3 is 2.59 bits per heavy atom. The molecule has 0 spiro atoms. The van der Waals surface area contributed by atoms with Crippen LogP contribution in [0.5, 0.6) is 0 Å². The fourth-order valence-corrected chi connectivity index (χ4v) is 2.42. The number of hydrogen-bond donors (Lipinski definition) is 1. The van der Waals surface area contributed by atoms with Gasteiger partial charge in [-0.1, -0.05) is 12.1 Å². The fourth-order valence-electron chi connectivity index (χ4n) is 2.42. The van der Waals surface area contributed by atoms with Crippen molar-refractivity contribution in [2.24, 2.45) is 5.10 Å². The maximum Gasteiger partial charge on any atom is 0.270 e. The topological polar surface area (TPSA) is 113 Å². The van der Waals surface area contributed by atoms with E-state index in [1.165, 1.54) is 18.3 Å². The number of nitrogens with zero attached hydrogens (tertiary/aromatic N) is 6. The first-order valence-electron chi connectivity index (χ1n) is 8.71. The number of nitrogens with one attached hydrogen (secondary N) is 1. The second kappa shape index (κ2) is 8.38. The summed E-state index contributed by atoms with van der Waals surface area (Å²) in [6, 6.07) is 11.5. The van der Waals surface area contributed by atoms with Gasteiger partial charge in [0.05, 0.1) is 11.1 Å². The van der Waals surface area contributed by atoms with Crippen molar-refractivity contribution >= 4 is 29.5 Å². The Hall–Kier alpha value is -3.95. The van der Waals surface area contributed by atoms with Crippen LogP contribution in [0.4, 0.5) is 23.3 Å². The highest BCUT2D eigenvalue weighted by atomic mass is 16.6. The molecule has 0 bridgehead atoms. The summed E-state index contributed by atoms with van der Waals surface area (Å²) in [5.74, 6) is 2.84. The van der Waals surface area contributed by atoms with Crippen LogP contribution in [0.3, 0.4) is 0 Å². The van der Waals surface area contributed by atoms with Crippen LogP contribution in [-0.2, 0) is 0 Å². The summed E-state index contributed by atoms with van der Waals surface area (Å²) in [5, 5.41) is 15.1. The van der Waals surface area contributed by atoms with Gasteiger partial charge in [0.1, 0.15) is 17.3 Å². The van der Waals surface area contributed by atoms with Gasteiger partial charge in [0, 0.05) is 52.0 Å². The zero-order valence-electron chi connectivity index (χ0n) is 16.5. The van der Waals surface area contributed by atoms with Gasteiger partial charge in [-0.25, -0.2) is 0 Å². The lowest BCUT2D eigenvalue weighted by Gasteiger charge is -2.16. The second-order valence-corrected chi connectivity index (χ2v) is 6.58. The summed E-state index contributed by atoms with van der Waals surface area (Å²) < 4.78 is 5.71. The first-order chi connectivity index (χ1) is 13.8. The number of aromatic nitrogens is 2. The number of nitro benzene ring substituents is 1. The summed E-state index contributed by atoms with van der Waals surface area (Å²) in [6.45, 7) is 0. The van der Waals surface area contributed by atoms with Gasteiger partial charge in [0.2, 0.25) is 5.95 Å². The largest absolute Gasteiger partial charge is 0.455 e. The Morgan fingerprint density at radius 2 is 1.90 bits per heavy atom. The summed E-state index contributed by atoms with van der Waals surface area (Å²) in [6.07, 6.45) is 1.51. The Bertz CT molecular complexity index is 1020. The Balaban J connectivity index is 1.75. The quantitative estimate of drug-likeness (QED) is 0.369. The predicted molar refractivity (Wildman–Crippen MR) is 113 cm³/mol. The highest BCUT2D eigenvalue weighted by Crippen LogP contribution is 2.25. The zero-order valence-corrected chi connectivity index (χ0v) is 16.5. The third-order valence-electron chi connectivity index (χ3n) is 3.90. The van der Waals surface area contributed by atoms with Crippen molar-refractivity contribution in [2.45, 2.75) is 0 Å². The van der Waals surface area contributed by atoms with Crippen LogP contribution in [0.2, 0.25) is 0 Å². The van der Waals surface area contributed by atoms with Crippen molar-refractivity contribution in [1.82, 2.24) is 9.97 Å². The molecule has 2 aromatic heterocycles. The molecule has 0 atom stereocenters. The monoisotopic (exact) mass is 395 g/mol.